The Balaban J connectivity index is 2.48. The van der Waals surface area contributed by atoms with Crippen molar-refractivity contribution in [3.8, 4) is 0 Å². The van der Waals surface area contributed by atoms with Crippen LogP contribution in [0.4, 0.5) is 0 Å². The lowest BCUT2D eigenvalue weighted by molar-refractivity contribution is 0.347. The van der Waals surface area contributed by atoms with Gasteiger partial charge in [-0.15, -0.1) is 0 Å². The standard InChI is InChI=1S/C15H25N/c1-5-15-12-14(10-9-13(15)3)8-7-11-16(4)6-2/h9-10,12H,5-8,11H2,1-4H3. The van der Waals surface area contributed by atoms with Crippen molar-refractivity contribution < 1.29 is 0 Å². The minimum absolute atomic E-state index is 1.15. The number of nitrogens with zero attached hydrogens (tertiary/aromatic N) is 1. The van der Waals surface area contributed by atoms with Crippen molar-refractivity contribution in [2.24, 2.45) is 0 Å². The fourth-order valence-corrected chi connectivity index (χ4v) is 1.97. The lowest BCUT2D eigenvalue weighted by atomic mass is 10.0. The maximum absolute atomic E-state index is 2.38. The maximum atomic E-state index is 2.38. The van der Waals surface area contributed by atoms with Gasteiger partial charge in [-0.3, -0.25) is 0 Å². The highest BCUT2D eigenvalue weighted by Gasteiger charge is 2.00. The summed E-state index contributed by atoms with van der Waals surface area (Å²) < 4.78 is 0. The molecule has 16 heavy (non-hydrogen) atoms. The fraction of sp³-hybridized carbons (Fsp3) is 0.600. The van der Waals surface area contributed by atoms with Gasteiger partial charge >= 0.3 is 0 Å². The van der Waals surface area contributed by atoms with Crippen molar-refractivity contribution in [3.05, 3.63) is 34.9 Å². The van der Waals surface area contributed by atoms with Crippen molar-refractivity contribution in [2.75, 3.05) is 20.1 Å². The van der Waals surface area contributed by atoms with E-state index in [1.165, 1.54) is 36.1 Å². The van der Waals surface area contributed by atoms with Gasteiger partial charge in [0.25, 0.3) is 0 Å². The molecule has 1 aromatic carbocycles. The summed E-state index contributed by atoms with van der Waals surface area (Å²) >= 11 is 0. The molecule has 0 atom stereocenters. The summed E-state index contributed by atoms with van der Waals surface area (Å²) in [5, 5.41) is 0. The Bertz CT molecular complexity index is 317. The summed E-state index contributed by atoms with van der Waals surface area (Å²) in [5.41, 5.74) is 4.42. The molecular formula is C15H25N. The van der Waals surface area contributed by atoms with Crippen LogP contribution in [-0.2, 0) is 12.8 Å². The van der Waals surface area contributed by atoms with Gasteiger partial charge in [-0.1, -0.05) is 32.0 Å². The lowest BCUT2D eigenvalue weighted by Crippen LogP contribution is -2.19. The summed E-state index contributed by atoms with van der Waals surface area (Å²) in [6, 6.07) is 6.92. The molecule has 1 nitrogen and oxygen atoms in total. The van der Waals surface area contributed by atoms with Gasteiger partial charge in [-0.05, 0) is 63.0 Å². The van der Waals surface area contributed by atoms with Crippen LogP contribution in [0.2, 0.25) is 0 Å². The van der Waals surface area contributed by atoms with E-state index < -0.39 is 0 Å². The highest BCUT2D eigenvalue weighted by Crippen LogP contribution is 2.13. The second-order valence-corrected chi connectivity index (χ2v) is 4.61. The van der Waals surface area contributed by atoms with E-state index in [0.717, 1.165) is 13.0 Å². The molecule has 0 radical (unpaired) electrons. The molecule has 0 spiro atoms. The van der Waals surface area contributed by atoms with E-state index >= 15 is 0 Å². The highest BCUT2D eigenvalue weighted by atomic mass is 15.1. The molecule has 1 rings (SSSR count). The molecule has 0 bridgehead atoms. The van der Waals surface area contributed by atoms with E-state index in [4.69, 9.17) is 0 Å². The topological polar surface area (TPSA) is 3.24 Å². The van der Waals surface area contributed by atoms with Crippen molar-refractivity contribution >= 4 is 0 Å². The lowest BCUT2D eigenvalue weighted by Gasteiger charge is -2.13. The number of rotatable bonds is 6. The number of aryl methyl sites for hydroxylation is 3. The molecule has 0 aliphatic heterocycles. The minimum Gasteiger partial charge on any atom is -0.307 e. The molecule has 0 aromatic heterocycles. The largest absolute Gasteiger partial charge is 0.307 e. The van der Waals surface area contributed by atoms with Gasteiger partial charge in [0.1, 0.15) is 0 Å². The first kappa shape index (κ1) is 13.2. The average molecular weight is 219 g/mol. The van der Waals surface area contributed by atoms with Crippen molar-refractivity contribution in [1.29, 1.82) is 0 Å². The monoisotopic (exact) mass is 219 g/mol. The number of benzene rings is 1. The van der Waals surface area contributed by atoms with Crippen LogP contribution in [0.25, 0.3) is 0 Å². The molecule has 0 fully saturated rings. The van der Waals surface area contributed by atoms with Gasteiger partial charge in [-0.25, -0.2) is 0 Å². The Hall–Kier alpha value is -0.820. The van der Waals surface area contributed by atoms with Gasteiger partial charge in [0.2, 0.25) is 0 Å². The number of hydrogen-bond donors (Lipinski definition) is 0. The molecule has 1 aromatic rings. The Kier molecular flexibility index (Phi) is 5.54. The molecule has 0 aliphatic rings. The Morgan fingerprint density at radius 1 is 1.19 bits per heavy atom. The minimum atomic E-state index is 1.15. The molecule has 1 heteroatoms. The highest BCUT2D eigenvalue weighted by molar-refractivity contribution is 5.31. The molecule has 0 N–H and O–H groups in total. The molecule has 0 unspecified atom stereocenters. The van der Waals surface area contributed by atoms with E-state index in [9.17, 15) is 0 Å². The average Bonchev–Trinajstić information content (AvgIpc) is 2.31. The zero-order valence-corrected chi connectivity index (χ0v) is 11.2. The van der Waals surface area contributed by atoms with Crippen LogP contribution in [0.3, 0.4) is 0 Å². The molecule has 0 saturated heterocycles. The summed E-state index contributed by atoms with van der Waals surface area (Å²) in [4.78, 5) is 2.37. The molecule has 0 aliphatic carbocycles. The van der Waals surface area contributed by atoms with Crippen LogP contribution in [-0.4, -0.2) is 25.0 Å². The van der Waals surface area contributed by atoms with Crippen LogP contribution < -0.4 is 0 Å². The smallest absolute Gasteiger partial charge is 0.00187 e. The van der Waals surface area contributed by atoms with Gasteiger partial charge < -0.3 is 4.90 Å². The molecular weight excluding hydrogens is 194 g/mol. The first-order chi connectivity index (χ1) is 7.67. The third-order valence-corrected chi connectivity index (χ3v) is 3.34. The summed E-state index contributed by atoms with van der Waals surface area (Å²) in [6.07, 6.45) is 3.61. The third kappa shape index (κ3) is 3.97. The van der Waals surface area contributed by atoms with Crippen molar-refractivity contribution in [1.82, 2.24) is 4.90 Å². The molecule has 90 valence electrons. The van der Waals surface area contributed by atoms with E-state index in [2.05, 4.69) is 50.9 Å². The van der Waals surface area contributed by atoms with Gasteiger partial charge in [-0.2, -0.15) is 0 Å². The van der Waals surface area contributed by atoms with Crippen molar-refractivity contribution in [3.63, 3.8) is 0 Å². The van der Waals surface area contributed by atoms with Crippen LogP contribution in [0, 0.1) is 6.92 Å². The Morgan fingerprint density at radius 2 is 1.94 bits per heavy atom. The molecule has 0 amide bonds. The second-order valence-electron chi connectivity index (χ2n) is 4.61. The van der Waals surface area contributed by atoms with Crippen LogP contribution in [0.5, 0.6) is 0 Å². The maximum Gasteiger partial charge on any atom is -0.00187 e. The summed E-state index contributed by atoms with van der Waals surface area (Å²) in [5.74, 6) is 0. The molecule has 0 heterocycles. The van der Waals surface area contributed by atoms with Crippen LogP contribution in [0.15, 0.2) is 18.2 Å². The van der Waals surface area contributed by atoms with Crippen molar-refractivity contribution in [2.45, 2.75) is 40.0 Å². The quantitative estimate of drug-likeness (QED) is 0.708. The van der Waals surface area contributed by atoms with E-state index in [-0.39, 0.29) is 0 Å². The van der Waals surface area contributed by atoms with E-state index in [1.807, 2.05) is 0 Å². The van der Waals surface area contributed by atoms with E-state index in [0.29, 0.717) is 0 Å². The predicted octanol–water partition coefficient (Wildman–Crippen LogP) is 3.44. The zero-order valence-electron chi connectivity index (χ0n) is 11.2. The predicted molar refractivity (Wildman–Crippen MR) is 72.0 cm³/mol. The zero-order chi connectivity index (χ0) is 12.0. The molecule has 0 saturated carbocycles. The Labute approximate surface area is 100 Å². The summed E-state index contributed by atoms with van der Waals surface area (Å²) in [7, 11) is 2.19. The summed E-state index contributed by atoms with van der Waals surface area (Å²) in [6.45, 7) is 8.99. The SMILES string of the molecule is CCc1cc(CCCN(C)CC)ccc1C. The number of hydrogen-bond acceptors (Lipinski definition) is 1. The van der Waals surface area contributed by atoms with Crippen LogP contribution >= 0.6 is 0 Å². The van der Waals surface area contributed by atoms with Gasteiger partial charge in [0, 0.05) is 0 Å². The Morgan fingerprint density at radius 3 is 2.56 bits per heavy atom. The first-order valence-electron chi connectivity index (χ1n) is 6.44. The fourth-order valence-electron chi connectivity index (χ4n) is 1.97. The van der Waals surface area contributed by atoms with Gasteiger partial charge in [0.15, 0.2) is 0 Å². The first-order valence-corrected chi connectivity index (χ1v) is 6.44. The second kappa shape index (κ2) is 6.70. The van der Waals surface area contributed by atoms with E-state index in [1.54, 1.807) is 0 Å². The van der Waals surface area contributed by atoms with Crippen LogP contribution in [0.1, 0.15) is 37.0 Å². The van der Waals surface area contributed by atoms with Gasteiger partial charge in [0.05, 0.1) is 0 Å². The normalized spacial score (nSPS) is 11.1. The third-order valence-electron chi connectivity index (χ3n) is 3.34.